The largest absolute Gasteiger partial charge is 0.482 e. The van der Waals surface area contributed by atoms with E-state index in [1.165, 1.54) is 5.56 Å². The molecule has 96 valence electrons. The van der Waals surface area contributed by atoms with Gasteiger partial charge in [-0.15, -0.1) is 0 Å². The first-order valence-corrected chi connectivity index (χ1v) is 6.51. The SMILES string of the molecule is Cc1ccc(C(=O)C2Cc3ccccc3O2)cc1C. The lowest BCUT2D eigenvalue weighted by molar-refractivity contribution is 0.0824. The highest BCUT2D eigenvalue weighted by atomic mass is 16.5. The second-order valence-electron chi connectivity index (χ2n) is 5.08. The third kappa shape index (κ3) is 2.14. The number of aryl methyl sites for hydroxylation is 2. The summed E-state index contributed by atoms with van der Waals surface area (Å²) >= 11 is 0. The van der Waals surface area contributed by atoms with Gasteiger partial charge < -0.3 is 4.74 Å². The molecule has 0 saturated heterocycles. The van der Waals surface area contributed by atoms with Gasteiger partial charge in [-0.1, -0.05) is 30.3 Å². The Balaban J connectivity index is 1.85. The van der Waals surface area contributed by atoms with Gasteiger partial charge in [0.05, 0.1) is 0 Å². The molecule has 2 heteroatoms. The van der Waals surface area contributed by atoms with Crippen molar-refractivity contribution in [3.8, 4) is 5.75 Å². The van der Waals surface area contributed by atoms with Crippen LogP contribution in [0.15, 0.2) is 42.5 Å². The number of carbonyl (C=O) groups excluding carboxylic acids is 1. The molecule has 0 fully saturated rings. The molecule has 0 amide bonds. The van der Waals surface area contributed by atoms with Gasteiger partial charge in [-0.05, 0) is 42.7 Å². The number of ether oxygens (including phenoxy) is 1. The van der Waals surface area contributed by atoms with Crippen LogP contribution < -0.4 is 4.74 Å². The van der Waals surface area contributed by atoms with Crippen LogP contribution in [0.4, 0.5) is 0 Å². The molecule has 1 unspecified atom stereocenters. The molecular weight excluding hydrogens is 236 g/mol. The predicted molar refractivity (Wildman–Crippen MR) is 74.8 cm³/mol. The second-order valence-corrected chi connectivity index (χ2v) is 5.08. The maximum absolute atomic E-state index is 12.5. The van der Waals surface area contributed by atoms with Crippen LogP contribution in [0.3, 0.4) is 0 Å². The average Bonchev–Trinajstić information content (AvgIpc) is 2.85. The lowest BCUT2D eigenvalue weighted by Crippen LogP contribution is -2.25. The Kier molecular flexibility index (Phi) is 2.86. The van der Waals surface area contributed by atoms with Gasteiger partial charge in [0.1, 0.15) is 5.75 Å². The van der Waals surface area contributed by atoms with E-state index >= 15 is 0 Å². The molecule has 2 aromatic rings. The summed E-state index contributed by atoms with van der Waals surface area (Å²) in [6.07, 6.45) is 0.293. The minimum absolute atomic E-state index is 0.0688. The molecule has 1 heterocycles. The van der Waals surface area contributed by atoms with Gasteiger partial charge in [0.2, 0.25) is 5.78 Å². The number of para-hydroxylation sites is 1. The Morgan fingerprint density at radius 1 is 1.11 bits per heavy atom. The standard InChI is InChI=1S/C17H16O2/c1-11-7-8-14(9-12(11)2)17(18)16-10-13-5-3-4-6-15(13)19-16/h3-9,16H,10H2,1-2H3. The van der Waals surface area contributed by atoms with Crippen molar-refractivity contribution in [3.05, 3.63) is 64.7 Å². The lowest BCUT2D eigenvalue weighted by Gasteiger charge is -2.10. The van der Waals surface area contributed by atoms with Crippen LogP contribution in [0.1, 0.15) is 27.0 Å². The van der Waals surface area contributed by atoms with Gasteiger partial charge in [0.15, 0.2) is 6.10 Å². The van der Waals surface area contributed by atoms with Gasteiger partial charge in [-0.3, -0.25) is 4.79 Å². The van der Waals surface area contributed by atoms with Gasteiger partial charge in [-0.25, -0.2) is 0 Å². The number of hydrogen-bond donors (Lipinski definition) is 0. The van der Waals surface area contributed by atoms with Crippen LogP contribution in [0, 0.1) is 13.8 Å². The Bertz CT molecular complexity index is 618. The average molecular weight is 252 g/mol. The van der Waals surface area contributed by atoms with Crippen LogP contribution >= 0.6 is 0 Å². The molecule has 0 aliphatic carbocycles. The van der Waals surface area contributed by atoms with E-state index in [9.17, 15) is 4.79 Å². The molecule has 2 aromatic carbocycles. The van der Waals surface area contributed by atoms with Crippen molar-refractivity contribution in [2.45, 2.75) is 26.4 Å². The summed E-state index contributed by atoms with van der Waals surface area (Å²) in [5.41, 5.74) is 4.19. The smallest absolute Gasteiger partial charge is 0.203 e. The third-order valence-electron chi connectivity index (χ3n) is 3.73. The number of carbonyl (C=O) groups is 1. The molecule has 0 spiro atoms. The maximum atomic E-state index is 12.5. The fourth-order valence-electron chi connectivity index (χ4n) is 2.41. The van der Waals surface area contributed by atoms with Crippen molar-refractivity contribution in [2.24, 2.45) is 0 Å². The molecule has 0 N–H and O–H groups in total. The van der Waals surface area contributed by atoms with Crippen LogP contribution in [0.25, 0.3) is 0 Å². The molecule has 0 saturated carbocycles. The van der Waals surface area contributed by atoms with E-state index in [2.05, 4.69) is 0 Å². The fraction of sp³-hybridized carbons (Fsp3) is 0.235. The minimum atomic E-state index is -0.375. The lowest BCUT2D eigenvalue weighted by atomic mass is 9.98. The van der Waals surface area contributed by atoms with Crippen LogP contribution in [0.5, 0.6) is 5.75 Å². The maximum Gasteiger partial charge on any atom is 0.203 e. The Labute approximate surface area is 113 Å². The fourth-order valence-corrected chi connectivity index (χ4v) is 2.41. The first kappa shape index (κ1) is 12.0. The van der Waals surface area contributed by atoms with E-state index in [1.807, 2.05) is 56.3 Å². The highest BCUT2D eigenvalue weighted by molar-refractivity contribution is 6.00. The zero-order chi connectivity index (χ0) is 13.4. The van der Waals surface area contributed by atoms with E-state index in [0.717, 1.165) is 22.4 Å². The van der Waals surface area contributed by atoms with Crippen LogP contribution in [0.2, 0.25) is 0 Å². The monoisotopic (exact) mass is 252 g/mol. The summed E-state index contributed by atoms with van der Waals surface area (Å²) < 4.78 is 5.74. The van der Waals surface area contributed by atoms with Crippen LogP contribution in [-0.4, -0.2) is 11.9 Å². The number of rotatable bonds is 2. The molecule has 0 bridgehead atoms. The summed E-state index contributed by atoms with van der Waals surface area (Å²) in [5.74, 6) is 0.906. The molecule has 2 nitrogen and oxygen atoms in total. The van der Waals surface area contributed by atoms with Gasteiger partial charge in [0.25, 0.3) is 0 Å². The van der Waals surface area contributed by atoms with E-state index in [4.69, 9.17) is 4.74 Å². The second kappa shape index (κ2) is 4.54. The number of fused-ring (bicyclic) bond motifs is 1. The zero-order valence-electron chi connectivity index (χ0n) is 11.1. The number of Topliss-reactive ketones (excluding diaryl/α,β-unsaturated/α-hetero) is 1. The molecule has 1 aliphatic rings. The topological polar surface area (TPSA) is 26.3 Å². The van der Waals surface area contributed by atoms with Gasteiger partial charge in [-0.2, -0.15) is 0 Å². The third-order valence-corrected chi connectivity index (χ3v) is 3.73. The first-order valence-electron chi connectivity index (χ1n) is 6.51. The molecule has 3 rings (SSSR count). The normalized spacial score (nSPS) is 16.8. The quantitative estimate of drug-likeness (QED) is 0.765. The van der Waals surface area contributed by atoms with E-state index < -0.39 is 0 Å². The highest BCUT2D eigenvalue weighted by Crippen LogP contribution is 2.29. The Hall–Kier alpha value is -2.09. The van der Waals surface area contributed by atoms with Crippen molar-refractivity contribution in [3.63, 3.8) is 0 Å². The van der Waals surface area contributed by atoms with Crippen LogP contribution in [-0.2, 0) is 6.42 Å². The van der Waals surface area contributed by atoms with Crippen molar-refractivity contribution in [2.75, 3.05) is 0 Å². The first-order chi connectivity index (χ1) is 9.15. The Morgan fingerprint density at radius 3 is 2.63 bits per heavy atom. The molecule has 0 aromatic heterocycles. The molecule has 1 atom stereocenters. The summed E-state index contributed by atoms with van der Waals surface area (Å²) in [6, 6.07) is 13.7. The summed E-state index contributed by atoms with van der Waals surface area (Å²) in [4.78, 5) is 12.5. The zero-order valence-corrected chi connectivity index (χ0v) is 11.1. The van der Waals surface area contributed by atoms with E-state index in [0.29, 0.717) is 6.42 Å². The Morgan fingerprint density at radius 2 is 1.89 bits per heavy atom. The van der Waals surface area contributed by atoms with E-state index in [-0.39, 0.29) is 11.9 Å². The molecule has 1 aliphatic heterocycles. The minimum Gasteiger partial charge on any atom is -0.482 e. The highest BCUT2D eigenvalue weighted by Gasteiger charge is 2.29. The van der Waals surface area contributed by atoms with Gasteiger partial charge >= 0.3 is 0 Å². The van der Waals surface area contributed by atoms with E-state index in [1.54, 1.807) is 0 Å². The number of ketones is 1. The van der Waals surface area contributed by atoms with Crippen molar-refractivity contribution in [1.29, 1.82) is 0 Å². The number of hydrogen-bond acceptors (Lipinski definition) is 2. The van der Waals surface area contributed by atoms with Crippen molar-refractivity contribution < 1.29 is 9.53 Å². The molecular formula is C17H16O2. The predicted octanol–water partition coefficient (Wildman–Crippen LogP) is 3.49. The van der Waals surface area contributed by atoms with Gasteiger partial charge in [0, 0.05) is 12.0 Å². The van der Waals surface area contributed by atoms with Crippen molar-refractivity contribution in [1.82, 2.24) is 0 Å². The summed E-state index contributed by atoms with van der Waals surface area (Å²) in [7, 11) is 0. The molecule has 19 heavy (non-hydrogen) atoms. The summed E-state index contributed by atoms with van der Waals surface area (Å²) in [5, 5.41) is 0. The van der Waals surface area contributed by atoms with Crippen molar-refractivity contribution >= 4 is 5.78 Å². The molecule has 0 radical (unpaired) electrons. The number of benzene rings is 2. The summed E-state index contributed by atoms with van der Waals surface area (Å²) in [6.45, 7) is 4.07.